The van der Waals surface area contributed by atoms with E-state index in [2.05, 4.69) is 9.97 Å². The van der Waals surface area contributed by atoms with E-state index in [1.54, 1.807) is 20.0 Å². The number of alkyl halides is 1. The van der Waals surface area contributed by atoms with E-state index in [4.69, 9.17) is 17.3 Å². The standard InChI is InChI=1S/C13H17ClN4O/c1-8(14)10-17-9-5-4-6-16-11(9)18(10)7-13(2,3)12(15)19/h4-6,8H,7H2,1-3H3,(H2,15,19). The molecule has 1 amide bonds. The van der Waals surface area contributed by atoms with Gasteiger partial charge in [0.05, 0.1) is 10.8 Å². The average Bonchev–Trinajstić information content (AvgIpc) is 2.68. The van der Waals surface area contributed by atoms with E-state index >= 15 is 0 Å². The Morgan fingerprint density at radius 1 is 1.58 bits per heavy atom. The third-order valence-electron chi connectivity index (χ3n) is 3.11. The summed E-state index contributed by atoms with van der Waals surface area (Å²) in [6.45, 7) is 5.85. The summed E-state index contributed by atoms with van der Waals surface area (Å²) in [7, 11) is 0. The lowest BCUT2D eigenvalue weighted by Crippen LogP contribution is -2.35. The number of nitrogens with zero attached hydrogens (tertiary/aromatic N) is 3. The SMILES string of the molecule is CC(Cl)c1nc2cccnc2n1CC(C)(C)C(N)=O. The van der Waals surface area contributed by atoms with Gasteiger partial charge in [-0.1, -0.05) is 0 Å². The van der Waals surface area contributed by atoms with E-state index in [0.717, 1.165) is 11.2 Å². The van der Waals surface area contributed by atoms with Gasteiger partial charge in [-0.05, 0) is 32.9 Å². The van der Waals surface area contributed by atoms with Crippen LogP contribution in [0, 0.1) is 5.41 Å². The molecule has 5 nitrogen and oxygen atoms in total. The van der Waals surface area contributed by atoms with Gasteiger partial charge < -0.3 is 10.3 Å². The lowest BCUT2D eigenvalue weighted by atomic mass is 9.92. The molecule has 0 aliphatic rings. The van der Waals surface area contributed by atoms with Crippen molar-refractivity contribution >= 4 is 28.7 Å². The fourth-order valence-electron chi connectivity index (χ4n) is 1.91. The molecule has 0 aliphatic carbocycles. The van der Waals surface area contributed by atoms with Crippen LogP contribution in [0.5, 0.6) is 0 Å². The Kier molecular flexibility index (Phi) is 3.49. The smallest absolute Gasteiger partial charge is 0.224 e. The van der Waals surface area contributed by atoms with Crippen LogP contribution in [-0.4, -0.2) is 20.4 Å². The van der Waals surface area contributed by atoms with E-state index in [0.29, 0.717) is 12.4 Å². The molecule has 102 valence electrons. The maximum Gasteiger partial charge on any atom is 0.224 e. The second kappa shape index (κ2) is 4.81. The third kappa shape index (κ3) is 2.56. The maximum absolute atomic E-state index is 11.5. The van der Waals surface area contributed by atoms with Gasteiger partial charge in [0.2, 0.25) is 5.91 Å². The third-order valence-corrected chi connectivity index (χ3v) is 3.30. The van der Waals surface area contributed by atoms with Crippen molar-refractivity contribution in [3.8, 4) is 0 Å². The van der Waals surface area contributed by atoms with Gasteiger partial charge >= 0.3 is 0 Å². The van der Waals surface area contributed by atoms with Crippen molar-refractivity contribution in [3.63, 3.8) is 0 Å². The summed E-state index contributed by atoms with van der Waals surface area (Å²) in [6, 6.07) is 3.69. The Morgan fingerprint density at radius 3 is 2.84 bits per heavy atom. The van der Waals surface area contributed by atoms with Crippen molar-refractivity contribution in [3.05, 3.63) is 24.2 Å². The summed E-state index contributed by atoms with van der Waals surface area (Å²) in [5.41, 5.74) is 6.23. The second-order valence-electron chi connectivity index (χ2n) is 5.27. The highest BCUT2D eigenvalue weighted by atomic mass is 35.5. The Balaban J connectivity index is 2.57. The number of nitrogens with two attached hydrogens (primary N) is 1. The highest BCUT2D eigenvalue weighted by molar-refractivity contribution is 6.20. The topological polar surface area (TPSA) is 73.8 Å². The van der Waals surface area contributed by atoms with Crippen LogP contribution in [0.2, 0.25) is 0 Å². The molecule has 2 rings (SSSR count). The number of rotatable bonds is 4. The first-order chi connectivity index (χ1) is 8.83. The number of hydrogen-bond acceptors (Lipinski definition) is 3. The molecule has 0 aromatic carbocycles. The molecule has 6 heteroatoms. The molecule has 2 heterocycles. The van der Waals surface area contributed by atoms with Crippen LogP contribution in [-0.2, 0) is 11.3 Å². The predicted octanol–water partition coefficient (Wildman–Crippen LogP) is 2.24. The number of hydrogen-bond donors (Lipinski definition) is 1. The summed E-state index contributed by atoms with van der Waals surface area (Å²) < 4.78 is 1.87. The van der Waals surface area contributed by atoms with Crippen LogP contribution in [0.25, 0.3) is 11.2 Å². The average molecular weight is 281 g/mol. The van der Waals surface area contributed by atoms with Crippen molar-refractivity contribution in [2.75, 3.05) is 0 Å². The molecule has 2 aromatic heterocycles. The number of aromatic nitrogens is 3. The van der Waals surface area contributed by atoms with E-state index in [9.17, 15) is 4.79 Å². The van der Waals surface area contributed by atoms with Crippen molar-refractivity contribution < 1.29 is 4.79 Å². The zero-order valence-electron chi connectivity index (χ0n) is 11.2. The monoisotopic (exact) mass is 280 g/mol. The van der Waals surface area contributed by atoms with Gasteiger partial charge in [-0.25, -0.2) is 9.97 Å². The molecule has 0 saturated heterocycles. The summed E-state index contributed by atoms with van der Waals surface area (Å²) in [5.74, 6) is 0.336. The molecule has 0 fully saturated rings. The van der Waals surface area contributed by atoms with E-state index in [-0.39, 0.29) is 11.3 Å². The van der Waals surface area contributed by atoms with Gasteiger partial charge in [-0.15, -0.1) is 11.6 Å². The molecule has 2 N–H and O–H groups in total. The minimum Gasteiger partial charge on any atom is -0.369 e. The molecular formula is C13H17ClN4O. The summed E-state index contributed by atoms with van der Waals surface area (Å²) in [4.78, 5) is 20.3. The fraction of sp³-hybridized carbons (Fsp3) is 0.462. The van der Waals surface area contributed by atoms with Crippen LogP contribution in [0.4, 0.5) is 0 Å². The molecule has 0 saturated carbocycles. The van der Waals surface area contributed by atoms with Gasteiger partial charge in [-0.3, -0.25) is 4.79 Å². The van der Waals surface area contributed by atoms with Crippen LogP contribution in [0.3, 0.4) is 0 Å². The molecule has 0 aliphatic heterocycles. The van der Waals surface area contributed by atoms with Crippen molar-refractivity contribution in [1.29, 1.82) is 0 Å². The minimum absolute atomic E-state index is 0.266. The number of halogens is 1. The Labute approximate surface area is 116 Å². The fourth-order valence-corrected chi connectivity index (χ4v) is 2.08. The second-order valence-corrected chi connectivity index (χ2v) is 5.92. The highest BCUT2D eigenvalue weighted by Crippen LogP contribution is 2.27. The molecule has 0 radical (unpaired) electrons. The molecule has 1 atom stereocenters. The first-order valence-electron chi connectivity index (χ1n) is 6.08. The van der Waals surface area contributed by atoms with E-state index in [1.165, 1.54) is 0 Å². The number of pyridine rings is 1. The Morgan fingerprint density at radius 2 is 2.26 bits per heavy atom. The lowest BCUT2D eigenvalue weighted by molar-refractivity contribution is -0.126. The number of fused-ring (bicyclic) bond motifs is 1. The van der Waals surface area contributed by atoms with Crippen molar-refractivity contribution in [1.82, 2.24) is 14.5 Å². The highest BCUT2D eigenvalue weighted by Gasteiger charge is 2.28. The lowest BCUT2D eigenvalue weighted by Gasteiger charge is -2.22. The summed E-state index contributed by atoms with van der Waals surface area (Å²) in [6.07, 6.45) is 1.69. The van der Waals surface area contributed by atoms with Crippen LogP contribution in [0.15, 0.2) is 18.3 Å². The zero-order chi connectivity index (χ0) is 14.2. The minimum atomic E-state index is -0.689. The molecular weight excluding hydrogens is 264 g/mol. The first kappa shape index (κ1) is 13.8. The number of amides is 1. The first-order valence-corrected chi connectivity index (χ1v) is 6.51. The van der Waals surface area contributed by atoms with E-state index < -0.39 is 5.41 Å². The predicted molar refractivity (Wildman–Crippen MR) is 74.8 cm³/mol. The maximum atomic E-state index is 11.5. The Bertz CT molecular complexity index is 618. The van der Waals surface area contributed by atoms with Gasteiger partial charge in [-0.2, -0.15) is 0 Å². The van der Waals surface area contributed by atoms with Gasteiger partial charge in [0, 0.05) is 12.7 Å². The molecule has 2 aromatic rings. The number of carbonyl (C=O) groups is 1. The van der Waals surface area contributed by atoms with Crippen molar-refractivity contribution in [2.24, 2.45) is 11.1 Å². The largest absolute Gasteiger partial charge is 0.369 e. The zero-order valence-corrected chi connectivity index (χ0v) is 12.0. The number of primary amides is 1. The quantitative estimate of drug-likeness (QED) is 0.873. The van der Waals surface area contributed by atoms with Gasteiger partial charge in [0.15, 0.2) is 5.65 Å². The van der Waals surface area contributed by atoms with Gasteiger partial charge in [0.1, 0.15) is 11.3 Å². The number of imidazole rings is 1. The van der Waals surface area contributed by atoms with Crippen LogP contribution >= 0.6 is 11.6 Å². The number of carbonyl (C=O) groups excluding carboxylic acids is 1. The van der Waals surface area contributed by atoms with Crippen LogP contribution in [0.1, 0.15) is 32.0 Å². The van der Waals surface area contributed by atoms with Gasteiger partial charge in [0.25, 0.3) is 0 Å². The normalized spacial score (nSPS) is 13.7. The Hall–Kier alpha value is -1.62. The molecule has 19 heavy (non-hydrogen) atoms. The molecule has 1 unspecified atom stereocenters. The summed E-state index contributed by atoms with van der Waals surface area (Å²) >= 11 is 6.16. The van der Waals surface area contributed by atoms with Crippen LogP contribution < -0.4 is 5.73 Å². The summed E-state index contributed by atoms with van der Waals surface area (Å²) in [5, 5.41) is -0.266. The molecule has 0 bridgehead atoms. The van der Waals surface area contributed by atoms with E-state index in [1.807, 2.05) is 23.6 Å². The molecule has 0 spiro atoms. The van der Waals surface area contributed by atoms with Crippen molar-refractivity contribution in [2.45, 2.75) is 32.7 Å².